The molecule has 1 rings (SSSR count). The minimum atomic E-state index is -0.810. The summed E-state index contributed by atoms with van der Waals surface area (Å²) in [4.78, 5) is 35.2. The summed E-state index contributed by atoms with van der Waals surface area (Å²) >= 11 is 0. The van der Waals surface area contributed by atoms with Crippen molar-refractivity contribution in [3.05, 3.63) is 45.6 Å². The fourth-order valence-corrected chi connectivity index (χ4v) is 1.69. The fourth-order valence-electron chi connectivity index (χ4n) is 1.69. The highest BCUT2D eigenvalue weighted by Crippen LogP contribution is 2.23. The van der Waals surface area contributed by atoms with Gasteiger partial charge >= 0.3 is 5.97 Å². The number of hydrogen-bond donors (Lipinski definition) is 1. The van der Waals surface area contributed by atoms with Crippen LogP contribution in [0.4, 0.5) is 11.4 Å². The van der Waals surface area contributed by atoms with E-state index in [1.807, 2.05) is 0 Å². The monoisotopic (exact) mass is 332 g/mol. The maximum absolute atomic E-state index is 12.2. The van der Waals surface area contributed by atoms with Gasteiger partial charge in [0.25, 0.3) is 11.6 Å². The quantitative estimate of drug-likeness (QED) is 0.276. The number of hydrogen-bond acceptors (Lipinski definition) is 7. The van der Waals surface area contributed by atoms with E-state index in [4.69, 9.17) is 10.00 Å². The molecule has 0 aliphatic carbocycles. The minimum Gasteiger partial charge on any atom is -0.462 e. The van der Waals surface area contributed by atoms with Crippen LogP contribution in [0, 0.1) is 21.4 Å². The number of esters is 1. The van der Waals surface area contributed by atoms with Gasteiger partial charge in [0.2, 0.25) is 0 Å². The molecule has 0 saturated heterocycles. The summed E-state index contributed by atoms with van der Waals surface area (Å²) in [7, 11) is 3.00. The molecule has 126 valence electrons. The van der Waals surface area contributed by atoms with Crippen LogP contribution in [0.1, 0.15) is 17.3 Å². The summed E-state index contributed by atoms with van der Waals surface area (Å²) < 4.78 is 4.72. The molecule has 9 heteroatoms. The van der Waals surface area contributed by atoms with Crippen molar-refractivity contribution in [1.29, 1.82) is 5.26 Å². The molecule has 0 aliphatic rings. The van der Waals surface area contributed by atoms with Crippen molar-refractivity contribution in [2.24, 2.45) is 0 Å². The first-order chi connectivity index (χ1) is 11.3. The number of nitrogens with zero attached hydrogens (tertiary/aromatic N) is 3. The number of nitriles is 1. The van der Waals surface area contributed by atoms with Crippen LogP contribution in [0.15, 0.2) is 30.0 Å². The number of non-ortho nitro benzene ring substituents is 1. The fraction of sp³-hybridized carbons (Fsp3) is 0.267. The van der Waals surface area contributed by atoms with E-state index in [1.54, 1.807) is 13.0 Å². The summed E-state index contributed by atoms with van der Waals surface area (Å²) in [6.07, 6.45) is 1.09. The summed E-state index contributed by atoms with van der Waals surface area (Å²) in [5.41, 5.74) is -0.290. The van der Waals surface area contributed by atoms with Crippen LogP contribution >= 0.6 is 0 Å². The van der Waals surface area contributed by atoms with Gasteiger partial charge in [0.05, 0.1) is 22.8 Å². The highest BCUT2D eigenvalue weighted by Gasteiger charge is 2.18. The van der Waals surface area contributed by atoms with E-state index in [9.17, 15) is 19.7 Å². The highest BCUT2D eigenvalue weighted by molar-refractivity contribution is 6.00. The van der Waals surface area contributed by atoms with Gasteiger partial charge in [-0.05, 0) is 13.0 Å². The Kier molecular flexibility index (Phi) is 6.43. The Morgan fingerprint density at radius 1 is 1.46 bits per heavy atom. The van der Waals surface area contributed by atoms with E-state index in [1.165, 1.54) is 31.1 Å². The molecule has 0 unspecified atom stereocenters. The molecule has 0 bridgehead atoms. The normalized spacial score (nSPS) is 10.5. The molecular weight excluding hydrogens is 316 g/mol. The summed E-state index contributed by atoms with van der Waals surface area (Å²) in [6.45, 7) is 1.71. The lowest BCUT2D eigenvalue weighted by Crippen LogP contribution is -2.22. The van der Waals surface area contributed by atoms with Crippen molar-refractivity contribution in [3.63, 3.8) is 0 Å². The third-order valence-corrected chi connectivity index (χ3v) is 2.84. The van der Waals surface area contributed by atoms with E-state index in [0.29, 0.717) is 0 Å². The number of ether oxygens (including phenoxy) is 1. The highest BCUT2D eigenvalue weighted by atomic mass is 16.6. The van der Waals surface area contributed by atoms with Gasteiger partial charge in [0, 0.05) is 32.4 Å². The third kappa shape index (κ3) is 4.54. The van der Waals surface area contributed by atoms with Crippen LogP contribution < -0.4 is 5.32 Å². The first-order valence-electron chi connectivity index (χ1n) is 6.85. The van der Waals surface area contributed by atoms with Crippen molar-refractivity contribution in [2.75, 3.05) is 26.0 Å². The van der Waals surface area contributed by atoms with Crippen molar-refractivity contribution >= 4 is 23.3 Å². The summed E-state index contributed by atoms with van der Waals surface area (Å²) in [6, 6.07) is 5.33. The van der Waals surface area contributed by atoms with E-state index >= 15 is 0 Å². The molecule has 24 heavy (non-hydrogen) atoms. The summed E-state index contributed by atoms with van der Waals surface area (Å²) in [5.74, 6) is -1.28. The zero-order chi connectivity index (χ0) is 18.3. The maximum atomic E-state index is 12.2. The number of rotatable bonds is 6. The number of nitro benzene ring substituents is 1. The molecule has 0 saturated carbocycles. The zero-order valence-corrected chi connectivity index (χ0v) is 13.4. The second kappa shape index (κ2) is 8.28. The molecule has 1 aromatic rings. The Labute approximate surface area is 138 Å². The Morgan fingerprint density at radius 2 is 2.12 bits per heavy atom. The number of benzene rings is 1. The second-order valence-electron chi connectivity index (χ2n) is 4.72. The minimum absolute atomic E-state index is 0.0339. The molecule has 0 spiro atoms. The first kappa shape index (κ1) is 18.6. The number of carbonyl (C=O) groups is 2. The van der Waals surface area contributed by atoms with Gasteiger partial charge in [0.1, 0.15) is 6.07 Å². The Morgan fingerprint density at radius 3 is 2.62 bits per heavy atom. The van der Waals surface area contributed by atoms with E-state index in [2.05, 4.69) is 5.32 Å². The van der Waals surface area contributed by atoms with Crippen LogP contribution in [-0.4, -0.2) is 42.4 Å². The van der Waals surface area contributed by atoms with Crippen LogP contribution in [0.2, 0.25) is 0 Å². The van der Waals surface area contributed by atoms with Gasteiger partial charge in [0.15, 0.2) is 5.57 Å². The predicted octanol–water partition coefficient (Wildman–Crippen LogP) is 1.68. The molecule has 0 heterocycles. The maximum Gasteiger partial charge on any atom is 0.350 e. The first-order valence-corrected chi connectivity index (χ1v) is 6.85. The summed E-state index contributed by atoms with van der Waals surface area (Å²) in [5, 5.41) is 22.5. The van der Waals surface area contributed by atoms with Gasteiger partial charge in [-0.2, -0.15) is 5.26 Å². The molecule has 1 N–H and O–H groups in total. The van der Waals surface area contributed by atoms with Crippen LogP contribution in [0.5, 0.6) is 0 Å². The lowest BCUT2D eigenvalue weighted by molar-refractivity contribution is -0.384. The van der Waals surface area contributed by atoms with Crippen LogP contribution in [0.3, 0.4) is 0 Å². The lowest BCUT2D eigenvalue weighted by Gasteiger charge is -2.14. The van der Waals surface area contributed by atoms with Gasteiger partial charge in [-0.3, -0.25) is 14.9 Å². The smallest absolute Gasteiger partial charge is 0.350 e. The number of carbonyl (C=O) groups excluding carboxylic acids is 2. The van der Waals surface area contributed by atoms with Crippen LogP contribution in [0.25, 0.3) is 0 Å². The van der Waals surface area contributed by atoms with Crippen molar-refractivity contribution in [1.82, 2.24) is 4.90 Å². The molecule has 1 aromatic carbocycles. The van der Waals surface area contributed by atoms with Gasteiger partial charge in [-0.15, -0.1) is 0 Å². The average molecular weight is 332 g/mol. The molecule has 0 radical (unpaired) electrons. The van der Waals surface area contributed by atoms with Gasteiger partial charge in [-0.1, -0.05) is 0 Å². The molecule has 0 aromatic heterocycles. The predicted molar refractivity (Wildman–Crippen MR) is 85.1 cm³/mol. The SMILES string of the molecule is CCOC(=O)C(C#N)=CNc1ccc([N+](=O)[O-])cc1C(=O)N(C)C. The average Bonchev–Trinajstić information content (AvgIpc) is 2.54. The molecule has 1 amide bonds. The molecule has 0 atom stereocenters. The van der Waals surface area contributed by atoms with Crippen molar-refractivity contribution < 1.29 is 19.2 Å². The standard InChI is InChI=1S/C15H16N4O5/c1-4-24-15(21)10(8-16)9-17-13-6-5-11(19(22)23)7-12(13)14(20)18(2)3/h5-7,9,17H,4H2,1-3H3. The number of amides is 1. The van der Waals surface area contributed by atoms with E-state index in [-0.39, 0.29) is 29.1 Å². The number of nitrogens with one attached hydrogen (secondary N) is 1. The van der Waals surface area contributed by atoms with Gasteiger partial charge < -0.3 is 15.0 Å². The topological polar surface area (TPSA) is 126 Å². The molecule has 0 aliphatic heterocycles. The van der Waals surface area contributed by atoms with Gasteiger partial charge in [-0.25, -0.2) is 4.79 Å². The van der Waals surface area contributed by atoms with Crippen molar-refractivity contribution in [2.45, 2.75) is 6.92 Å². The second-order valence-corrected chi connectivity index (χ2v) is 4.72. The Hall–Kier alpha value is -3.41. The largest absolute Gasteiger partial charge is 0.462 e. The van der Waals surface area contributed by atoms with Crippen molar-refractivity contribution in [3.8, 4) is 6.07 Å². The number of nitro groups is 1. The number of anilines is 1. The van der Waals surface area contributed by atoms with E-state index in [0.717, 1.165) is 12.3 Å². The Bertz CT molecular complexity index is 734. The molecule has 0 fully saturated rings. The zero-order valence-electron chi connectivity index (χ0n) is 13.4. The Balaban J connectivity index is 3.23. The molecular formula is C15H16N4O5. The van der Waals surface area contributed by atoms with E-state index < -0.39 is 16.8 Å². The lowest BCUT2D eigenvalue weighted by atomic mass is 10.1. The van der Waals surface area contributed by atoms with Crippen LogP contribution in [-0.2, 0) is 9.53 Å². The molecule has 9 nitrogen and oxygen atoms in total. The third-order valence-electron chi connectivity index (χ3n) is 2.84.